The molecule has 0 saturated heterocycles. The summed E-state index contributed by atoms with van der Waals surface area (Å²) in [5, 5.41) is 0. The van der Waals surface area contributed by atoms with Gasteiger partial charge < -0.3 is 4.74 Å². The minimum absolute atomic E-state index is 0.309. The number of carbonyl (C=O) groups excluding carboxylic acids is 1. The van der Waals surface area contributed by atoms with Crippen molar-refractivity contribution in [2.24, 2.45) is 0 Å². The number of aldehydes is 1. The first-order chi connectivity index (χ1) is 8.38. The minimum Gasteiger partial charge on any atom is -0.424 e. The summed E-state index contributed by atoms with van der Waals surface area (Å²) in [5.74, 6) is 0.652. The lowest BCUT2D eigenvalue weighted by molar-refractivity contribution is -0.104. The smallest absolute Gasteiger partial charge is 0.321 e. The zero-order valence-electron chi connectivity index (χ0n) is 8.98. The molecule has 0 saturated carbocycles. The lowest BCUT2D eigenvalue weighted by atomic mass is 10.2. The van der Waals surface area contributed by atoms with Crippen LogP contribution in [-0.2, 0) is 4.79 Å². The number of allylic oxidation sites excluding steroid dienone is 1. The van der Waals surface area contributed by atoms with Crippen LogP contribution in [-0.4, -0.2) is 16.3 Å². The third-order valence-corrected chi connectivity index (χ3v) is 2.00. The van der Waals surface area contributed by atoms with E-state index in [9.17, 15) is 4.79 Å². The molecule has 0 atom stereocenters. The monoisotopic (exact) mass is 226 g/mol. The van der Waals surface area contributed by atoms with Gasteiger partial charge >= 0.3 is 6.01 Å². The molecule has 0 bridgehead atoms. The fourth-order valence-electron chi connectivity index (χ4n) is 1.24. The summed E-state index contributed by atoms with van der Waals surface area (Å²) in [6.07, 6.45) is 7.13. The Balaban J connectivity index is 2.08. The maximum absolute atomic E-state index is 10.2. The Hall–Kier alpha value is -2.49. The Labute approximate surface area is 98.6 Å². The second-order valence-electron chi connectivity index (χ2n) is 3.20. The van der Waals surface area contributed by atoms with Crippen molar-refractivity contribution in [2.75, 3.05) is 0 Å². The summed E-state index contributed by atoms with van der Waals surface area (Å²) in [4.78, 5) is 18.1. The molecule has 0 spiro atoms. The number of nitrogens with zero attached hydrogens (tertiary/aromatic N) is 2. The molecule has 1 heterocycles. The quantitative estimate of drug-likeness (QED) is 0.593. The van der Waals surface area contributed by atoms with Crippen LogP contribution in [0, 0.1) is 0 Å². The SMILES string of the molecule is O=CC=Cc1ccc(Oc2ncccn2)cc1. The van der Waals surface area contributed by atoms with Crippen molar-refractivity contribution in [2.45, 2.75) is 0 Å². The number of hydrogen-bond acceptors (Lipinski definition) is 4. The fourth-order valence-corrected chi connectivity index (χ4v) is 1.24. The lowest BCUT2D eigenvalue weighted by Crippen LogP contribution is -1.89. The van der Waals surface area contributed by atoms with Crippen molar-refractivity contribution in [3.63, 3.8) is 0 Å². The van der Waals surface area contributed by atoms with Gasteiger partial charge in [0.1, 0.15) is 12.0 Å². The Bertz CT molecular complexity index is 507. The van der Waals surface area contributed by atoms with Gasteiger partial charge in [0.15, 0.2) is 0 Å². The predicted molar refractivity (Wildman–Crippen MR) is 63.6 cm³/mol. The average Bonchev–Trinajstić information content (AvgIpc) is 2.39. The molecule has 0 unspecified atom stereocenters. The average molecular weight is 226 g/mol. The molecule has 2 rings (SSSR count). The molecule has 1 aromatic heterocycles. The zero-order chi connectivity index (χ0) is 11.9. The van der Waals surface area contributed by atoms with E-state index in [1.54, 1.807) is 36.7 Å². The largest absolute Gasteiger partial charge is 0.424 e. The molecule has 1 aromatic carbocycles. The first-order valence-electron chi connectivity index (χ1n) is 5.05. The topological polar surface area (TPSA) is 52.1 Å². The number of hydrogen-bond donors (Lipinski definition) is 0. The Kier molecular flexibility index (Phi) is 3.60. The molecule has 0 aliphatic carbocycles. The molecular formula is C13H10N2O2. The maximum Gasteiger partial charge on any atom is 0.321 e. The predicted octanol–water partition coefficient (Wildman–Crippen LogP) is 2.48. The number of ether oxygens (including phenoxy) is 1. The molecule has 4 nitrogen and oxygen atoms in total. The van der Waals surface area contributed by atoms with E-state index in [1.807, 2.05) is 12.1 Å². The van der Waals surface area contributed by atoms with Gasteiger partial charge in [0.05, 0.1) is 0 Å². The van der Waals surface area contributed by atoms with Crippen LogP contribution in [0.3, 0.4) is 0 Å². The third kappa shape index (κ3) is 3.24. The fraction of sp³-hybridized carbons (Fsp3) is 0. The van der Waals surface area contributed by atoms with E-state index >= 15 is 0 Å². The molecule has 2 aromatic rings. The van der Waals surface area contributed by atoms with Crippen LogP contribution in [0.1, 0.15) is 5.56 Å². The molecule has 0 amide bonds. The molecular weight excluding hydrogens is 216 g/mol. The highest BCUT2D eigenvalue weighted by Crippen LogP contribution is 2.17. The number of benzene rings is 1. The van der Waals surface area contributed by atoms with Crippen molar-refractivity contribution in [3.8, 4) is 11.8 Å². The summed E-state index contributed by atoms with van der Waals surface area (Å²) in [7, 11) is 0. The second-order valence-corrected chi connectivity index (χ2v) is 3.20. The Morgan fingerprint density at radius 3 is 2.41 bits per heavy atom. The molecule has 0 fully saturated rings. The van der Waals surface area contributed by atoms with Gasteiger partial charge in [-0.25, -0.2) is 9.97 Å². The van der Waals surface area contributed by atoms with E-state index < -0.39 is 0 Å². The van der Waals surface area contributed by atoms with E-state index in [0.29, 0.717) is 11.8 Å². The summed E-state index contributed by atoms with van der Waals surface area (Å²) in [6.45, 7) is 0. The van der Waals surface area contributed by atoms with Crippen LogP contribution in [0.25, 0.3) is 6.08 Å². The van der Waals surface area contributed by atoms with Crippen molar-refractivity contribution in [3.05, 3.63) is 54.4 Å². The van der Waals surface area contributed by atoms with E-state index in [1.165, 1.54) is 6.08 Å². The van der Waals surface area contributed by atoms with Crippen LogP contribution < -0.4 is 4.74 Å². The van der Waals surface area contributed by atoms with Crippen molar-refractivity contribution in [1.29, 1.82) is 0 Å². The third-order valence-electron chi connectivity index (χ3n) is 2.00. The first kappa shape index (κ1) is 11.0. The highest BCUT2D eigenvalue weighted by atomic mass is 16.5. The summed E-state index contributed by atoms with van der Waals surface area (Å²) in [6, 6.07) is 9.31. The molecule has 0 aliphatic heterocycles. The lowest BCUT2D eigenvalue weighted by Gasteiger charge is -2.02. The van der Waals surface area contributed by atoms with Crippen molar-refractivity contribution < 1.29 is 9.53 Å². The van der Waals surface area contributed by atoms with Crippen LogP contribution >= 0.6 is 0 Å². The molecule has 0 N–H and O–H groups in total. The van der Waals surface area contributed by atoms with Crippen LogP contribution in [0.5, 0.6) is 11.8 Å². The van der Waals surface area contributed by atoms with Gasteiger partial charge in [0.25, 0.3) is 0 Å². The number of rotatable bonds is 4. The summed E-state index contributed by atoms with van der Waals surface area (Å²) < 4.78 is 5.42. The standard InChI is InChI=1S/C13H10N2O2/c16-10-1-3-11-4-6-12(7-5-11)17-13-14-8-2-9-15-13/h1-10H. The number of carbonyl (C=O) groups is 1. The van der Waals surface area contributed by atoms with Crippen molar-refractivity contribution >= 4 is 12.4 Å². The Morgan fingerprint density at radius 2 is 1.76 bits per heavy atom. The van der Waals surface area contributed by atoms with Gasteiger partial charge in [-0.1, -0.05) is 18.2 Å². The van der Waals surface area contributed by atoms with Crippen molar-refractivity contribution in [1.82, 2.24) is 9.97 Å². The molecule has 84 valence electrons. The van der Waals surface area contributed by atoms with Gasteiger partial charge in [0.2, 0.25) is 0 Å². The highest BCUT2D eigenvalue weighted by molar-refractivity contribution is 5.73. The first-order valence-corrected chi connectivity index (χ1v) is 5.05. The van der Waals surface area contributed by atoms with E-state index in [2.05, 4.69) is 9.97 Å². The summed E-state index contributed by atoms with van der Waals surface area (Å²) in [5.41, 5.74) is 0.929. The highest BCUT2D eigenvalue weighted by Gasteiger charge is 1.97. The normalized spacial score (nSPS) is 10.4. The second kappa shape index (κ2) is 5.55. The van der Waals surface area contributed by atoms with Crippen LogP contribution in [0.15, 0.2) is 48.8 Å². The van der Waals surface area contributed by atoms with Crippen LogP contribution in [0.4, 0.5) is 0 Å². The molecule has 0 aliphatic rings. The molecule has 4 heteroatoms. The zero-order valence-corrected chi connectivity index (χ0v) is 8.98. The van der Waals surface area contributed by atoms with Gasteiger partial charge in [0, 0.05) is 12.4 Å². The van der Waals surface area contributed by atoms with Gasteiger partial charge in [-0.2, -0.15) is 0 Å². The van der Waals surface area contributed by atoms with E-state index in [-0.39, 0.29) is 0 Å². The van der Waals surface area contributed by atoms with Gasteiger partial charge in [-0.3, -0.25) is 4.79 Å². The van der Waals surface area contributed by atoms with E-state index in [4.69, 9.17) is 4.74 Å². The summed E-state index contributed by atoms with van der Waals surface area (Å²) >= 11 is 0. The molecule has 0 radical (unpaired) electrons. The van der Waals surface area contributed by atoms with Gasteiger partial charge in [-0.05, 0) is 29.8 Å². The molecule has 17 heavy (non-hydrogen) atoms. The van der Waals surface area contributed by atoms with Crippen LogP contribution in [0.2, 0.25) is 0 Å². The Morgan fingerprint density at radius 1 is 1.06 bits per heavy atom. The minimum atomic E-state index is 0.309. The van der Waals surface area contributed by atoms with Gasteiger partial charge in [-0.15, -0.1) is 0 Å². The van der Waals surface area contributed by atoms with E-state index in [0.717, 1.165) is 11.8 Å². The number of aromatic nitrogens is 2. The maximum atomic E-state index is 10.2.